The van der Waals surface area contributed by atoms with Gasteiger partial charge < -0.3 is 19.7 Å². The molecule has 0 saturated carbocycles. The standard InChI is InChI=1S/C14H16N2O4/c1-16(2)14(18)10-3-5-11(6-4-10)15-13(17)12-9-19-7-8-20-12/h3-6,9H,7-8H2,1-2H3,(H,15,17). The van der Waals surface area contributed by atoms with Crippen LogP contribution in [0.3, 0.4) is 0 Å². The number of benzene rings is 1. The largest absolute Gasteiger partial charge is 0.494 e. The van der Waals surface area contributed by atoms with E-state index in [1.165, 1.54) is 11.2 Å². The lowest BCUT2D eigenvalue weighted by Gasteiger charge is -2.15. The summed E-state index contributed by atoms with van der Waals surface area (Å²) in [7, 11) is 3.37. The number of hydrogen-bond donors (Lipinski definition) is 1. The Morgan fingerprint density at radius 2 is 1.85 bits per heavy atom. The van der Waals surface area contributed by atoms with Gasteiger partial charge in [-0.1, -0.05) is 0 Å². The first kappa shape index (κ1) is 13.9. The molecule has 2 amide bonds. The number of nitrogens with zero attached hydrogens (tertiary/aromatic N) is 1. The second-order valence-corrected chi connectivity index (χ2v) is 4.43. The summed E-state index contributed by atoms with van der Waals surface area (Å²) < 4.78 is 10.2. The van der Waals surface area contributed by atoms with Crippen LogP contribution in [0.25, 0.3) is 0 Å². The van der Waals surface area contributed by atoms with Crippen LogP contribution in [-0.4, -0.2) is 44.0 Å². The number of anilines is 1. The summed E-state index contributed by atoms with van der Waals surface area (Å²) >= 11 is 0. The van der Waals surface area contributed by atoms with Crippen molar-refractivity contribution >= 4 is 17.5 Å². The van der Waals surface area contributed by atoms with E-state index in [0.29, 0.717) is 24.5 Å². The molecule has 0 fully saturated rings. The molecule has 106 valence electrons. The van der Waals surface area contributed by atoms with E-state index in [2.05, 4.69) is 5.32 Å². The molecule has 0 aliphatic carbocycles. The van der Waals surface area contributed by atoms with Crippen molar-refractivity contribution in [3.63, 3.8) is 0 Å². The maximum absolute atomic E-state index is 11.8. The normalized spacial score (nSPS) is 13.6. The maximum Gasteiger partial charge on any atom is 0.294 e. The monoisotopic (exact) mass is 276 g/mol. The van der Waals surface area contributed by atoms with Crippen molar-refractivity contribution in [2.45, 2.75) is 0 Å². The quantitative estimate of drug-likeness (QED) is 0.901. The topological polar surface area (TPSA) is 67.9 Å². The fourth-order valence-electron chi connectivity index (χ4n) is 1.63. The lowest BCUT2D eigenvalue weighted by atomic mass is 10.2. The first-order chi connectivity index (χ1) is 9.58. The van der Waals surface area contributed by atoms with Crippen LogP contribution in [0.2, 0.25) is 0 Å². The molecule has 0 bridgehead atoms. The summed E-state index contributed by atoms with van der Waals surface area (Å²) in [5.41, 5.74) is 1.14. The highest BCUT2D eigenvalue weighted by molar-refractivity contribution is 6.02. The predicted octanol–water partition coefficient (Wildman–Crippen LogP) is 1.22. The van der Waals surface area contributed by atoms with Crippen LogP contribution in [0, 0.1) is 0 Å². The molecular weight excluding hydrogens is 260 g/mol. The van der Waals surface area contributed by atoms with Crippen LogP contribution < -0.4 is 5.32 Å². The number of carbonyl (C=O) groups is 2. The van der Waals surface area contributed by atoms with Crippen molar-refractivity contribution in [1.82, 2.24) is 4.90 Å². The maximum atomic E-state index is 11.8. The summed E-state index contributed by atoms with van der Waals surface area (Å²) in [6.45, 7) is 0.799. The van der Waals surface area contributed by atoms with Crippen LogP contribution in [0.1, 0.15) is 10.4 Å². The number of ether oxygens (including phenoxy) is 2. The van der Waals surface area contributed by atoms with Crippen molar-refractivity contribution in [3.05, 3.63) is 41.9 Å². The highest BCUT2D eigenvalue weighted by Crippen LogP contribution is 2.13. The molecule has 20 heavy (non-hydrogen) atoms. The Hall–Kier alpha value is -2.50. The second kappa shape index (κ2) is 6.10. The smallest absolute Gasteiger partial charge is 0.294 e. The summed E-state index contributed by atoms with van der Waals surface area (Å²) in [5, 5.41) is 2.67. The average Bonchev–Trinajstić information content (AvgIpc) is 2.48. The van der Waals surface area contributed by atoms with E-state index in [1.807, 2.05) is 0 Å². The molecule has 1 aromatic rings. The summed E-state index contributed by atoms with van der Waals surface area (Å²) in [5.74, 6) is -0.323. The molecule has 0 unspecified atom stereocenters. The van der Waals surface area contributed by atoms with Gasteiger partial charge in [0.15, 0.2) is 0 Å². The Morgan fingerprint density at radius 3 is 2.40 bits per heavy atom. The van der Waals surface area contributed by atoms with Crippen LogP contribution >= 0.6 is 0 Å². The highest BCUT2D eigenvalue weighted by Gasteiger charge is 2.15. The molecule has 0 aromatic heterocycles. The predicted molar refractivity (Wildman–Crippen MR) is 73.1 cm³/mol. The van der Waals surface area contributed by atoms with Crippen LogP contribution in [0.4, 0.5) is 5.69 Å². The fraction of sp³-hybridized carbons (Fsp3) is 0.286. The third kappa shape index (κ3) is 3.28. The number of rotatable bonds is 3. The first-order valence-corrected chi connectivity index (χ1v) is 6.15. The highest BCUT2D eigenvalue weighted by atomic mass is 16.6. The minimum Gasteiger partial charge on any atom is -0.494 e. The van der Waals surface area contributed by atoms with E-state index in [0.717, 1.165) is 0 Å². The number of nitrogens with one attached hydrogen (secondary N) is 1. The molecule has 6 heteroatoms. The fourth-order valence-corrected chi connectivity index (χ4v) is 1.63. The van der Waals surface area contributed by atoms with Gasteiger partial charge in [0.05, 0.1) is 0 Å². The molecule has 1 aliphatic heterocycles. The van der Waals surface area contributed by atoms with E-state index >= 15 is 0 Å². The van der Waals surface area contributed by atoms with Gasteiger partial charge in [-0.3, -0.25) is 9.59 Å². The van der Waals surface area contributed by atoms with Crippen molar-refractivity contribution in [1.29, 1.82) is 0 Å². The SMILES string of the molecule is CN(C)C(=O)c1ccc(NC(=O)C2=COCCO2)cc1. The van der Waals surface area contributed by atoms with Crippen molar-refractivity contribution in [2.24, 2.45) is 0 Å². The van der Waals surface area contributed by atoms with Gasteiger partial charge in [0, 0.05) is 25.3 Å². The first-order valence-electron chi connectivity index (χ1n) is 6.15. The van der Waals surface area contributed by atoms with Crippen molar-refractivity contribution in [3.8, 4) is 0 Å². The molecule has 0 saturated heterocycles. The van der Waals surface area contributed by atoms with Gasteiger partial charge >= 0.3 is 0 Å². The zero-order valence-corrected chi connectivity index (χ0v) is 11.4. The van der Waals surface area contributed by atoms with Crippen LogP contribution in [0.15, 0.2) is 36.3 Å². The van der Waals surface area contributed by atoms with Gasteiger partial charge in [-0.25, -0.2) is 0 Å². The van der Waals surface area contributed by atoms with Gasteiger partial charge in [0.2, 0.25) is 5.76 Å². The zero-order chi connectivity index (χ0) is 14.5. The summed E-state index contributed by atoms with van der Waals surface area (Å²) in [6, 6.07) is 6.65. The molecule has 1 heterocycles. The van der Waals surface area contributed by atoms with Gasteiger partial charge in [-0.15, -0.1) is 0 Å². The van der Waals surface area contributed by atoms with Crippen molar-refractivity contribution < 1.29 is 19.1 Å². The Kier molecular flexibility index (Phi) is 4.24. The van der Waals surface area contributed by atoms with E-state index in [9.17, 15) is 9.59 Å². The Bertz CT molecular complexity index is 535. The Balaban J connectivity index is 2.02. The number of carbonyl (C=O) groups excluding carboxylic acids is 2. The van der Waals surface area contributed by atoms with E-state index in [1.54, 1.807) is 38.4 Å². The van der Waals surface area contributed by atoms with E-state index < -0.39 is 0 Å². The second-order valence-electron chi connectivity index (χ2n) is 4.43. The number of amides is 2. The van der Waals surface area contributed by atoms with E-state index in [4.69, 9.17) is 9.47 Å². The summed E-state index contributed by atoms with van der Waals surface area (Å²) in [6.07, 6.45) is 1.29. The van der Waals surface area contributed by atoms with Crippen LogP contribution in [0.5, 0.6) is 0 Å². The van der Waals surface area contributed by atoms with Crippen molar-refractivity contribution in [2.75, 3.05) is 32.6 Å². The average molecular weight is 276 g/mol. The molecule has 1 aromatic carbocycles. The minimum absolute atomic E-state index is 0.0883. The van der Waals surface area contributed by atoms with Gasteiger partial charge in [0.25, 0.3) is 11.8 Å². The van der Waals surface area contributed by atoms with Crippen LogP contribution in [-0.2, 0) is 14.3 Å². The summed E-state index contributed by atoms with van der Waals surface area (Å²) in [4.78, 5) is 25.0. The molecule has 0 radical (unpaired) electrons. The Morgan fingerprint density at radius 1 is 1.15 bits per heavy atom. The molecule has 6 nitrogen and oxygen atoms in total. The molecule has 0 spiro atoms. The zero-order valence-electron chi connectivity index (χ0n) is 11.4. The third-order valence-corrected chi connectivity index (χ3v) is 2.67. The molecule has 2 rings (SSSR count). The molecule has 0 atom stereocenters. The third-order valence-electron chi connectivity index (χ3n) is 2.67. The van der Waals surface area contributed by atoms with E-state index in [-0.39, 0.29) is 17.6 Å². The minimum atomic E-state index is -0.378. The lowest BCUT2D eigenvalue weighted by molar-refractivity contribution is -0.117. The van der Waals surface area contributed by atoms with Gasteiger partial charge in [-0.2, -0.15) is 0 Å². The molecule has 1 N–H and O–H groups in total. The molecular formula is C14H16N2O4. The van der Waals surface area contributed by atoms with Gasteiger partial charge in [-0.05, 0) is 24.3 Å². The van der Waals surface area contributed by atoms with Gasteiger partial charge in [0.1, 0.15) is 19.5 Å². The lowest BCUT2D eigenvalue weighted by Crippen LogP contribution is -2.22. The Labute approximate surface area is 117 Å². The number of hydrogen-bond acceptors (Lipinski definition) is 4. The molecule has 1 aliphatic rings.